The van der Waals surface area contributed by atoms with Gasteiger partial charge in [-0.05, 0) is 11.5 Å². The quantitative estimate of drug-likeness (QED) is 0.617. The highest BCUT2D eigenvalue weighted by Gasteiger charge is 2.01. The molecule has 1 heterocycles. The van der Waals surface area contributed by atoms with E-state index in [0.29, 0.717) is 0 Å². The predicted octanol–water partition coefficient (Wildman–Crippen LogP) is 0.724. The van der Waals surface area contributed by atoms with Crippen LogP contribution < -0.4 is 5.73 Å². The van der Waals surface area contributed by atoms with Crippen LogP contribution in [0, 0.1) is 0 Å². The monoisotopic (exact) mass is 141 g/mol. The fourth-order valence-corrected chi connectivity index (χ4v) is 0.939. The Hall–Kier alpha value is -0.740. The average molecular weight is 141 g/mol. The number of hydrogen-bond donors (Lipinski definition) is 1. The maximum Gasteiger partial charge on any atom is 0.0672 e. The molecule has 0 aliphatic heterocycles. The number of nitrogens with zero attached hydrogens (tertiary/aromatic N) is 2. The number of hydrogen-bond acceptors (Lipinski definition) is 4. The summed E-state index contributed by atoms with van der Waals surface area (Å²) in [6.45, 7) is 3.54. The molecule has 0 bridgehead atoms. The van der Waals surface area contributed by atoms with Gasteiger partial charge >= 0.3 is 0 Å². The highest BCUT2D eigenvalue weighted by molar-refractivity contribution is 7.05. The zero-order valence-corrected chi connectivity index (χ0v) is 5.64. The smallest absolute Gasteiger partial charge is 0.0672 e. The lowest BCUT2D eigenvalue weighted by molar-refractivity contribution is 0.933. The molecule has 3 nitrogen and oxygen atoms in total. The average Bonchev–Trinajstić information content (AvgIpc) is 2.37. The van der Waals surface area contributed by atoms with Gasteiger partial charge in [-0.3, -0.25) is 0 Å². The molecule has 0 fully saturated rings. The molecule has 0 saturated heterocycles. The van der Waals surface area contributed by atoms with Crippen LogP contribution in [0.3, 0.4) is 0 Å². The summed E-state index contributed by atoms with van der Waals surface area (Å²) in [7, 11) is 0. The predicted molar refractivity (Wildman–Crippen MR) is 37.0 cm³/mol. The summed E-state index contributed by atoms with van der Waals surface area (Å²) >= 11 is 1.30. The molecule has 1 aromatic heterocycles. The third kappa shape index (κ3) is 1.34. The summed E-state index contributed by atoms with van der Waals surface area (Å²) in [6, 6.07) is -0.106. The zero-order chi connectivity index (χ0) is 6.69. The second kappa shape index (κ2) is 2.70. The van der Waals surface area contributed by atoms with Gasteiger partial charge in [0, 0.05) is 0 Å². The number of aromatic nitrogens is 2. The highest BCUT2D eigenvalue weighted by atomic mass is 32.1. The Kier molecular flexibility index (Phi) is 1.92. The summed E-state index contributed by atoms with van der Waals surface area (Å²) in [6.07, 6.45) is 3.31. The fourth-order valence-electron chi connectivity index (χ4n) is 0.438. The Balaban J connectivity index is 2.76. The van der Waals surface area contributed by atoms with Crippen molar-refractivity contribution in [2.75, 3.05) is 0 Å². The van der Waals surface area contributed by atoms with Crippen molar-refractivity contribution >= 4 is 11.5 Å². The Morgan fingerprint density at radius 2 is 2.67 bits per heavy atom. The summed E-state index contributed by atoms with van der Waals surface area (Å²) < 4.78 is 3.66. The highest BCUT2D eigenvalue weighted by Crippen LogP contribution is 2.11. The summed E-state index contributed by atoms with van der Waals surface area (Å²) in [5, 5.41) is 3.63. The van der Waals surface area contributed by atoms with E-state index in [-0.39, 0.29) is 6.04 Å². The summed E-state index contributed by atoms with van der Waals surface area (Å²) in [5.41, 5.74) is 5.55. The third-order valence-corrected chi connectivity index (χ3v) is 1.73. The van der Waals surface area contributed by atoms with Crippen LogP contribution in [0.5, 0.6) is 0 Å². The Morgan fingerprint density at radius 3 is 3.11 bits per heavy atom. The molecule has 0 aromatic carbocycles. The van der Waals surface area contributed by atoms with Gasteiger partial charge < -0.3 is 5.73 Å². The van der Waals surface area contributed by atoms with Crippen molar-refractivity contribution in [1.29, 1.82) is 0 Å². The first kappa shape index (κ1) is 6.38. The van der Waals surface area contributed by atoms with Crippen LogP contribution >= 0.6 is 11.5 Å². The molecule has 1 aromatic rings. The molecule has 0 aliphatic carbocycles. The SMILES string of the molecule is C=CC(N)c1cnns1. The maximum atomic E-state index is 5.55. The molecular formula is C5H7N3S. The van der Waals surface area contributed by atoms with E-state index in [9.17, 15) is 0 Å². The molecule has 0 saturated carbocycles. The molecule has 9 heavy (non-hydrogen) atoms. The van der Waals surface area contributed by atoms with Crippen LogP contribution in [0.4, 0.5) is 0 Å². The molecule has 2 N–H and O–H groups in total. The van der Waals surface area contributed by atoms with E-state index in [2.05, 4.69) is 16.2 Å². The molecule has 0 radical (unpaired) electrons. The van der Waals surface area contributed by atoms with Crippen molar-refractivity contribution in [3.8, 4) is 0 Å². The molecule has 1 atom stereocenters. The van der Waals surface area contributed by atoms with Crippen molar-refractivity contribution in [2.24, 2.45) is 5.73 Å². The lowest BCUT2D eigenvalue weighted by Gasteiger charge is -1.96. The number of nitrogens with two attached hydrogens (primary N) is 1. The molecule has 1 unspecified atom stereocenters. The van der Waals surface area contributed by atoms with E-state index in [0.717, 1.165) is 4.88 Å². The van der Waals surface area contributed by atoms with Gasteiger partial charge in [-0.2, -0.15) is 0 Å². The van der Waals surface area contributed by atoms with Crippen LogP contribution in [-0.4, -0.2) is 9.59 Å². The molecule has 48 valence electrons. The van der Waals surface area contributed by atoms with Crippen molar-refractivity contribution in [2.45, 2.75) is 6.04 Å². The molecular weight excluding hydrogens is 134 g/mol. The van der Waals surface area contributed by atoms with E-state index >= 15 is 0 Å². The van der Waals surface area contributed by atoms with Gasteiger partial charge in [0.2, 0.25) is 0 Å². The first-order valence-electron chi connectivity index (χ1n) is 2.50. The molecule has 4 heteroatoms. The van der Waals surface area contributed by atoms with Gasteiger partial charge in [0.05, 0.1) is 17.1 Å². The second-order valence-electron chi connectivity index (χ2n) is 1.58. The Morgan fingerprint density at radius 1 is 1.89 bits per heavy atom. The normalized spacial score (nSPS) is 13.0. The maximum absolute atomic E-state index is 5.55. The first-order chi connectivity index (χ1) is 4.34. The van der Waals surface area contributed by atoms with Gasteiger partial charge in [-0.1, -0.05) is 10.6 Å². The minimum atomic E-state index is -0.106. The molecule has 0 spiro atoms. The van der Waals surface area contributed by atoms with Crippen LogP contribution in [0.15, 0.2) is 18.9 Å². The van der Waals surface area contributed by atoms with Gasteiger partial charge in [-0.15, -0.1) is 11.7 Å². The topological polar surface area (TPSA) is 51.8 Å². The van der Waals surface area contributed by atoms with Crippen molar-refractivity contribution in [3.05, 3.63) is 23.7 Å². The van der Waals surface area contributed by atoms with Crippen LogP contribution in [-0.2, 0) is 0 Å². The standard InChI is InChI=1S/C5H7N3S/c1-2-4(6)5-3-7-8-9-5/h2-4H,1,6H2. The van der Waals surface area contributed by atoms with Gasteiger partial charge in [0.1, 0.15) is 0 Å². The van der Waals surface area contributed by atoms with Crippen molar-refractivity contribution in [3.63, 3.8) is 0 Å². The second-order valence-corrected chi connectivity index (χ2v) is 2.40. The minimum Gasteiger partial charge on any atom is -0.320 e. The van der Waals surface area contributed by atoms with E-state index in [1.807, 2.05) is 0 Å². The van der Waals surface area contributed by atoms with E-state index < -0.39 is 0 Å². The minimum absolute atomic E-state index is 0.106. The Bertz CT molecular complexity index is 182. The van der Waals surface area contributed by atoms with E-state index in [1.165, 1.54) is 11.5 Å². The van der Waals surface area contributed by atoms with E-state index in [4.69, 9.17) is 5.73 Å². The number of rotatable bonds is 2. The van der Waals surface area contributed by atoms with Crippen LogP contribution in [0.25, 0.3) is 0 Å². The Labute approximate surface area is 57.4 Å². The van der Waals surface area contributed by atoms with Gasteiger partial charge in [0.25, 0.3) is 0 Å². The molecule has 0 amide bonds. The molecule has 0 aliphatic rings. The van der Waals surface area contributed by atoms with Crippen LogP contribution in [0.1, 0.15) is 10.9 Å². The largest absolute Gasteiger partial charge is 0.320 e. The summed E-state index contributed by atoms with van der Waals surface area (Å²) in [4.78, 5) is 0.949. The lowest BCUT2D eigenvalue weighted by atomic mass is 10.3. The first-order valence-corrected chi connectivity index (χ1v) is 3.27. The summed E-state index contributed by atoms with van der Waals surface area (Å²) in [5.74, 6) is 0. The molecule has 1 rings (SSSR count). The fraction of sp³-hybridized carbons (Fsp3) is 0.200. The van der Waals surface area contributed by atoms with Crippen LogP contribution in [0.2, 0.25) is 0 Å². The van der Waals surface area contributed by atoms with Gasteiger partial charge in [-0.25, -0.2) is 0 Å². The lowest BCUT2D eigenvalue weighted by Crippen LogP contribution is -2.03. The van der Waals surface area contributed by atoms with Crippen molar-refractivity contribution in [1.82, 2.24) is 9.59 Å². The zero-order valence-electron chi connectivity index (χ0n) is 4.82. The van der Waals surface area contributed by atoms with E-state index in [1.54, 1.807) is 12.3 Å². The van der Waals surface area contributed by atoms with Crippen molar-refractivity contribution < 1.29 is 0 Å². The van der Waals surface area contributed by atoms with Gasteiger partial charge in [0.15, 0.2) is 0 Å². The third-order valence-electron chi connectivity index (χ3n) is 0.961.